The van der Waals surface area contributed by atoms with Gasteiger partial charge in [-0.15, -0.1) is 0 Å². The van der Waals surface area contributed by atoms with Crippen LogP contribution in [0.2, 0.25) is 0 Å². The number of hydroxylamine groups is 2. The molecule has 1 aromatic carbocycles. The number of carbonyl (C=O) groups is 2. The van der Waals surface area contributed by atoms with E-state index in [2.05, 4.69) is 0 Å². The van der Waals surface area contributed by atoms with Crippen molar-refractivity contribution in [3.05, 3.63) is 35.9 Å². The van der Waals surface area contributed by atoms with E-state index in [-0.39, 0.29) is 24.5 Å². The van der Waals surface area contributed by atoms with Crippen LogP contribution in [0.4, 0.5) is 0 Å². The molecule has 2 rings (SSSR count). The Bertz CT molecular complexity index is 686. The first kappa shape index (κ1) is 20.6. The molecule has 0 radical (unpaired) electrons. The van der Waals surface area contributed by atoms with E-state index < -0.39 is 22.2 Å². The first-order chi connectivity index (χ1) is 11.7. The normalized spacial score (nSPS) is 26.8. The molecule has 5 nitrogen and oxygen atoms in total. The minimum Gasteiger partial charge on any atom is -0.363 e. The van der Waals surface area contributed by atoms with Gasteiger partial charge in [-0.05, 0) is 19.1 Å². The largest absolute Gasteiger partial charge is 0.363 e. The highest BCUT2D eigenvalue weighted by molar-refractivity contribution is 5.95. The molecule has 1 aliphatic heterocycles. The Hall–Kier alpha value is -1.72. The van der Waals surface area contributed by atoms with E-state index in [0.717, 1.165) is 0 Å². The Kier molecular flexibility index (Phi) is 5.12. The molecule has 5 heteroatoms. The number of aliphatic hydroxyl groups is 1. The van der Waals surface area contributed by atoms with Gasteiger partial charge in [-0.3, -0.25) is 9.59 Å². The van der Waals surface area contributed by atoms with Crippen molar-refractivity contribution in [3.8, 4) is 0 Å². The summed E-state index contributed by atoms with van der Waals surface area (Å²) in [4.78, 5) is 31.6. The maximum Gasteiger partial charge on any atom is 0.278 e. The molecule has 0 bridgehead atoms. The number of hydrogen-bond donors (Lipinski definition) is 1. The zero-order valence-corrected chi connectivity index (χ0v) is 16.9. The molecule has 0 aromatic heterocycles. The lowest BCUT2D eigenvalue weighted by atomic mass is 9.75. The molecule has 0 saturated carbocycles. The summed E-state index contributed by atoms with van der Waals surface area (Å²) in [7, 11) is 0. The van der Waals surface area contributed by atoms with Crippen LogP contribution in [0, 0.1) is 10.8 Å². The van der Waals surface area contributed by atoms with E-state index in [0.29, 0.717) is 5.56 Å². The van der Waals surface area contributed by atoms with Crippen LogP contribution < -0.4 is 0 Å². The van der Waals surface area contributed by atoms with Crippen molar-refractivity contribution >= 4 is 11.7 Å². The van der Waals surface area contributed by atoms with Crippen LogP contribution in [0.3, 0.4) is 0 Å². The lowest BCUT2D eigenvalue weighted by molar-refractivity contribution is -0.309. The molecule has 1 N–H and O–H groups in total. The van der Waals surface area contributed by atoms with Gasteiger partial charge in [0.25, 0.3) is 5.91 Å². The molecule has 1 amide bonds. The highest BCUT2D eigenvalue weighted by Gasteiger charge is 2.59. The minimum atomic E-state index is -1.54. The highest BCUT2D eigenvalue weighted by atomic mass is 16.8. The third-order valence-corrected chi connectivity index (χ3v) is 5.11. The van der Waals surface area contributed by atoms with Gasteiger partial charge in [0.2, 0.25) is 0 Å². The summed E-state index contributed by atoms with van der Waals surface area (Å²) >= 11 is 0. The number of Topliss-reactive ketones (excluding diaryl/α,β-unsaturated/α-hetero) is 1. The van der Waals surface area contributed by atoms with E-state index in [1.807, 2.05) is 47.6 Å². The first-order valence-electron chi connectivity index (χ1n) is 9.04. The van der Waals surface area contributed by atoms with E-state index >= 15 is 0 Å². The second-order valence-corrected chi connectivity index (χ2v) is 9.61. The second-order valence-electron chi connectivity index (χ2n) is 9.61. The molecule has 1 saturated heterocycles. The van der Waals surface area contributed by atoms with E-state index in [1.54, 1.807) is 31.2 Å². The van der Waals surface area contributed by atoms with Gasteiger partial charge in [0.05, 0.1) is 5.54 Å². The van der Waals surface area contributed by atoms with Crippen LogP contribution >= 0.6 is 0 Å². The molecule has 0 spiro atoms. The fourth-order valence-corrected chi connectivity index (χ4v) is 3.01. The number of nitrogens with zero attached hydrogens (tertiary/aromatic N) is 1. The standard InChI is InChI=1S/C21H31NO4/c1-18(2,3)16(23)13-20(7)14-21(25,19(4,5)6)26-22(20)17(24)15-11-9-8-10-12-15/h8-12,25H,13-14H2,1-7H3/t20-,21-/m1/s1. The van der Waals surface area contributed by atoms with Crippen molar-refractivity contribution in [2.24, 2.45) is 10.8 Å². The summed E-state index contributed by atoms with van der Waals surface area (Å²) in [6.45, 7) is 12.9. The topological polar surface area (TPSA) is 66.8 Å². The maximum absolute atomic E-state index is 13.1. The number of carbonyl (C=O) groups excluding carboxylic acids is 2. The Balaban J connectivity index is 2.44. The molecule has 0 aliphatic carbocycles. The zero-order chi connectivity index (χ0) is 20.0. The van der Waals surface area contributed by atoms with E-state index in [1.165, 1.54) is 5.06 Å². The summed E-state index contributed by atoms with van der Waals surface area (Å²) in [6, 6.07) is 8.78. The molecule has 1 heterocycles. The Morgan fingerprint density at radius 1 is 1.12 bits per heavy atom. The molecule has 2 atom stereocenters. The summed E-state index contributed by atoms with van der Waals surface area (Å²) in [5.41, 5.74) is -1.63. The van der Waals surface area contributed by atoms with Crippen molar-refractivity contribution < 1.29 is 19.5 Å². The smallest absolute Gasteiger partial charge is 0.278 e. The Labute approximate surface area is 156 Å². The van der Waals surface area contributed by atoms with Crippen LogP contribution in [-0.2, 0) is 9.63 Å². The number of hydrogen-bond acceptors (Lipinski definition) is 4. The van der Waals surface area contributed by atoms with Crippen LogP contribution in [0.15, 0.2) is 30.3 Å². The predicted molar refractivity (Wildman–Crippen MR) is 100 cm³/mol. The van der Waals surface area contributed by atoms with Gasteiger partial charge in [-0.1, -0.05) is 59.7 Å². The molecular formula is C21H31NO4. The first-order valence-corrected chi connectivity index (χ1v) is 9.04. The van der Waals surface area contributed by atoms with Crippen molar-refractivity contribution in [2.75, 3.05) is 0 Å². The van der Waals surface area contributed by atoms with Gasteiger partial charge in [0.1, 0.15) is 5.78 Å². The number of rotatable bonds is 3. The fourth-order valence-electron chi connectivity index (χ4n) is 3.01. The minimum absolute atomic E-state index is 0.0209. The summed E-state index contributed by atoms with van der Waals surface area (Å²) < 4.78 is 0. The average Bonchev–Trinajstić information content (AvgIpc) is 2.78. The Morgan fingerprint density at radius 3 is 2.12 bits per heavy atom. The summed E-state index contributed by atoms with van der Waals surface area (Å²) in [5, 5.41) is 12.3. The van der Waals surface area contributed by atoms with Gasteiger partial charge in [-0.2, -0.15) is 0 Å². The molecule has 1 aromatic rings. The molecule has 0 unspecified atom stereocenters. The second kappa shape index (κ2) is 6.46. The fraction of sp³-hybridized carbons (Fsp3) is 0.619. The van der Waals surface area contributed by atoms with Gasteiger partial charge in [-0.25, -0.2) is 9.90 Å². The highest BCUT2D eigenvalue weighted by Crippen LogP contribution is 2.49. The molecule has 144 valence electrons. The SMILES string of the molecule is CC(C)(C)C(=O)C[C@]1(C)C[C@](O)(C(C)(C)C)ON1C(=O)c1ccccc1. The monoisotopic (exact) mass is 361 g/mol. The van der Waals surface area contributed by atoms with Crippen molar-refractivity contribution in [1.82, 2.24) is 5.06 Å². The van der Waals surface area contributed by atoms with E-state index in [9.17, 15) is 14.7 Å². The average molecular weight is 361 g/mol. The van der Waals surface area contributed by atoms with Crippen LogP contribution in [-0.4, -0.2) is 33.2 Å². The third-order valence-electron chi connectivity index (χ3n) is 5.11. The third kappa shape index (κ3) is 3.84. The van der Waals surface area contributed by atoms with Crippen LogP contribution in [0.5, 0.6) is 0 Å². The summed E-state index contributed by atoms with van der Waals surface area (Å²) in [6.07, 6.45) is 0.289. The lowest BCUT2D eigenvalue weighted by Crippen LogP contribution is -2.47. The maximum atomic E-state index is 13.1. The molecule has 1 aliphatic rings. The predicted octanol–water partition coefficient (Wildman–Crippen LogP) is 3.96. The van der Waals surface area contributed by atoms with Crippen LogP contribution in [0.25, 0.3) is 0 Å². The van der Waals surface area contributed by atoms with Gasteiger partial charge in [0, 0.05) is 29.2 Å². The zero-order valence-electron chi connectivity index (χ0n) is 16.9. The van der Waals surface area contributed by atoms with Gasteiger partial charge >= 0.3 is 0 Å². The van der Waals surface area contributed by atoms with E-state index in [4.69, 9.17) is 4.84 Å². The number of ketones is 1. The van der Waals surface area contributed by atoms with Gasteiger partial charge < -0.3 is 5.11 Å². The number of amides is 1. The van der Waals surface area contributed by atoms with Crippen molar-refractivity contribution in [2.45, 2.75) is 72.6 Å². The van der Waals surface area contributed by atoms with Crippen molar-refractivity contribution in [1.29, 1.82) is 0 Å². The lowest BCUT2D eigenvalue weighted by Gasteiger charge is -2.35. The quantitative estimate of drug-likeness (QED) is 0.885. The number of benzene rings is 1. The Morgan fingerprint density at radius 2 is 1.65 bits per heavy atom. The van der Waals surface area contributed by atoms with Gasteiger partial charge in [0.15, 0.2) is 5.79 Å². The summed E-state index contributed by atoms with van der Waals surface area (Å²) in [5.74, 6) is -1.87. The molecule has 1 fully saturated rings. The molecular weight excluding hydrogens is 330 g/mol. The molecule has 26 heavy (non-hydrogen) atoms. The van der Waals surface area contributed by atoms with Crippen molar-refractivity contribution in [3.63, 3.8) is 0 Å². The van der Waals surface area contributed by atoms with Crippen LogP contribution in [0.1, 0.15) is 71.7 Å².